The second-order valence-electron chi connectivity index (χ2n) is 3.90. The van der Waals surface area contributed by atoms with Gasteiger partial charge in [0.15, 0.2) is 0 Å². The predicted octanol–water partition coefficient (Wildman–Crippen LogP) is 3.03. The summed E-state index contributed by atoms with van der Waals surface area (Å²) in [5.74, 6) is 0. The maximum Gasteiger partial charge on any atom is 0.406 e. The Bertz CT molecular complexity index is 371. The van der Waals surface area contributed by atoms with E-state index < -0.39 is 11.7 Å². The van der Waals surface area contributed by atoms with Gasteiger partial charge in [0, 0.05) is 17.2 Å². The molecule has 1 aromatic rings. The average Bonchev–Trinajstić information content (AvgIpc) is 2.97. The second kappa shape index (κ2) is 4.00. The molecule has 1 fully saturated rings. The van der Waals surface area contributed by atoms with Crippen molar-refractivity contribution in [3.8, 4) is 0 Å². The smallest absolute Gasteiger partial charge is 0.298 e. The highest BCUT2D eigenvalue weighted by molar-refractivity contribution is 9.10. The number of nitrogens with one attached hydrogen (secondary N) is 1. The van der Waals surface area contributed by atoms with Crippen LogP contribution in [0.25, 0.3) is 0 Å². The van der Waals surface area contributed by atoms with Crippen molar-refractivity contribution in [1.82, 2.24) is 10.3 Å². The number of alkyl halides is 3. The van der Waals surface area contributed by atoms with Gasteiger partial charge in [-0.05, 0) is 40.9 Å². The van der Waals surface area contributed by atoms with Gasteiger partial charge in [0.05, 0.1) is 5.69 Å². The predicted molar refractivity (Wildman–Crippen MR) is 56.8 cm³/mol. The van der Waals surface area contributed by atoms with Gasteiger partial charge < -0.3 is 0 Å². The summed E-state index contributed by atoms with van der Waals surface area (Å²) < 4.78 is 38.5. The lowest BCUT2D eigenvalue weighted by Crippen LogP contribution is -2.44. The third-order valence-corrected chi connectivity index (χ3v) is 3.16. The molecule has 0 atom stereocenters. The van der Waals surface area contributed by atoms with Gasteiger partial charge in [-0.3, -0.25) is 10.3 Å². The van der Waals surface area contributed by atoms with Gasteiger partial charge in [0.1, 0.15) is 5.54 Å². The molecule has 0 aliphatic heterocycles. The zero-order valence-corrected chi connectivity index (χ0v) is 9.90. The molecule has 1 aromatic heterocycles. The summed E-state index contributed by atoms with van der Waals surface area (Å²) in [5.41, 5.74) is -1.05. The van der Waals surface area contributed by atoms with Crippen LogP contribution in [-0.4, -0.2) is 16.7 Å². The normalized spacial score (nSPS) is 18.5. The van der Waals surface area contributed by atoms with Crippen LogP contribution in [0.15, 0.2) is 22.8 Å². The number of aromatic nitrogens is 1. The summed E-state index contributed by atoms with van der Waals surface area (Å²) >= 11 is 3.22. The molecule has 0 unspecified atom stereocenters. The number of rotatable bonds is 3. The van der Waals surface area contributed by atoms with E-state index in [1.54, 1.807) is 18.3 Å². The van der Waals surface area contributed by atoms with Gasteiger partial charge in [-0.25, -0.2) is 0 Å². The summed E-state index contributed by atoms with van der Waals surface area (Å²) in [6.45, 7) is 0.146. The van der Waals surface area contributed by atoms with Crippen LogP contribution in [0.4, 0.5) is 13.2 Å². The molecule has 1 aliphatic carbocycles. The van der Waals surface area contributed by atoms with Crippen LogP contribution >= 0.6 is 15.9 Å². The zero-order chi connectivity index (χ0) is 11.8. The van der Waals surface area contributed by atoms with E-state index in [4.69, 9.17) is 0 Å². The molecule has 88 valence electrons. The molecular weight excluding hydrogens is 285 g/mol. The van der Waals surface area contributed by atoms with Crippen molar-refractivity contribution in [2.24, 2.45) is 0 Å². The van der Waals surface area contributed by atoms with Crippen molar-refractivity contribution in [3.63, 3.8) is 0 Å². The van der Waals surface area contributed by atoms with Crippen LogP contribution < -0.4 is 5.32 Å². The molecule has 16 heavy (non-hydrogen) atoms. The molecule has 0 amide bonds. The molecule has 6 heteroatoms. The van der Waals surface area contributed by atoms with E-state index in [0.29, 0.717) is 5.69 Å². The maximum atomic E-state index is 12.6. The minimum absolute atomic E-state index is 0.146. The molecule has 2 rings (SSSR count). The number of nitrogens with zero attached hydrogens (tertiary/aromatic N) is 1. The number of halogens is 4. The van der Waals surface area contributed by atoms with E-state index >= 15 is 0 Å². The highest BCUT2D eigenvalue weighted by Crippen LogP contribution is 2.48. The fraction of sp³-hybridized carbons (Fsp3) is 0.500. The first kappa shape index (κ1) is 11.9. The first-order chi connectivity index (χ1) is 7.43. The minimum Gasteiger partial charge on any atom is -0.298 e. The average molecular weight is 295 g/mol. The highest BCUT2D eigenvalue weighted by Gasteiger charge is 2.62. The Morgan fingerprint density at radius 3 is 2.50 bits per heavy atom. The quantitative estimate of drug-likeness (QED) is 0.927. The van der Waals surface area contributed by atoms with Crippen LogP contribution in [0, 0.1) is 0 Å². The van der Waals surface area contributed by atoms with Gasteiger partial charge >= 0.3 is 6.18 Å². The Morgan fingerprint density at radius 1 is 1.38 bits per heavy atom. The number of pyridine rings is 1. The van der Waals surface area contributed by atoms with Crippen molar-refractivity contribution in [2.45, 2.75) is 31.1 Å². The monoisotopic (exact) mass is 294 g/mol. The first-order valence-electron chi connectivity index (χ1n) is 4.85. The molecule has 1 aliphatic rings. The fourth-order valence-electron chi connectivity index (χ4n) is 1.46. The van der Waals surface area contributed by atoms with Crippen LogP contribution in [0.5, 0.6) is 0 Å². The molecule has 0 spiro atoms. The van der Waals surface area contributed by atoms with Crippen LogP contribution in [0.2, 0.25) is 0 Å². The summed E-state index contributed by atoms with van der Waals surface area (Å²) in [6.07, 6.45) is -2.27. The SMILES string of the molecule is FC(F)(F)C1(NCc2ccc(Br)cn2)CC1. The molecule has 2 nitrogen and oxygen atoms in total. The maximum absolute atomic E-state index is 12.6. The molecule has 1 saturated carbocycles. The van der Waals surface area contributed by atoms with Crippen molar-refractivity contribution in [2.75, 3.05) is 0 Å². The largest absolute Gasteiger partial charge is 0.406 e. The summed E-state index contributed by atoms with van der Waals surface area (Å²) in [5, 5.41) is 2.54. The van der Waals surface area contributed by atoms with E-state index in [0.717, 1.165) is 4.47 Å². The van der Waals surface area contributed by atoms with Crippen molar-refractivity contribution in [1.29, 1.82) is 0 Å². The van der Waals surface area contributed by atoms with Gasteiger partial charge in [0.25, 0.3) is 0 Å². The van der Waals surface area contributed by atoms with E-state index in [1.165, 1.54) is 0 Å². The van der Waals surface area contributed by atoms with Gasteiger partial charge in [0.2, 0.25) is 0 Å². The standard InChI is InChI=1S/C10H10BrF3N2/c11-7-1-2-8(15-5-7)6-16-9(3-4-9)10(12,13)14/h1-2,5,16H,3-4,6H2. The lowest BCUT2D eigenvalue weighted by molar-refractivity contribution is -0.166. The summed E-state index contributed by atoms with van der Waals surface area (Å²) in [6, 6.07) is 3.46. The first-order valence-corrected chi connectivity index (χ1v) is 5.64. The van der Waals surface area contributed by atoms with Crippen LogP contribution in [0.3, 0.4) is 0 Å². The van der Waals surface area contributed by atoms with Gasteiger partial charge in [-0.15, -0.1) is 0 Å². The number of hydrogen-bond acceptors (Lipinski definition) is 2. The third kappa shape index (κ3) is 2.38. The molecule has 1 N–H and O–H groups in total. The van der Waals surface area contributed by atoms with E-state index in [2.05, 4.69) is 26.2 Å². The summed E-state index contributed by atoms with van der Waals surface area (Å²) in [4.78, 5) is 4.01. The van der Waals surface area contributed by atoms with Crippen molar-refractivity contribution in [3.05, 3.63) is 28.5 Å². The lowest BCUT2D eigenvalue weighted by atomic mass is 10.2. The Balaban J connectivity index is 1.96. The van der Waals surface area contributed by atoms with Gasteiger partial charge in [-0.2, -0.15) is 13.2 Å². The summed E-state index contributed by atoms with van der Waals surface area (Å²) in [7, 11) is 0. The second-order valence-corrected chi connectivity index (χ2v) is 4.82. The third-order valence-electron chi connectivity index (χ3n) is 2.69. The highest BCUT2D eigenvalue weighted by atomic mass is 79.9. The van der Waals surface area contributed by atoms with Crippen LogP contribution in [-0.2, 0) is 6.54 Å². The lowest BCUT2D eigenvalue weighted by Gasteiger charge is -2.20. The topological polar surface area (TPSA) is 24.9 Å². The van der Waals surface area contributed by atoms with Crippen molar-refractivity contribution < 1.29 is 13.2 Å². The molecule has 0 aromatic carbocycles. The van der Waals surface area contributed by atoms with Crippen LogP contribution in [0.1, 0.15) is 18.5 Å². The van der Waals surface area contributed by atoms with Gasteiger partial charge in [-0.1, -0.05) is 0 Å². The Hall–Kier alpha value is -0.620. The van der Waals surface area contributed by atoms with E-state index in [1.807, 2.05) is 0 Å². The number of hydrogen-bond donors (Lipinski definition) is 1. The Kier molecular flexibility index (Phi) is 2.96. The van der Waals surface area contributed by atoms with E-state index in [9.17, 15) is 13.2 Å². The molecule has 0 saturated heterocycles. The Morgan fingerprint density at radius 2 is 2.06 bits per heavy atom. The molecule has 1 heterocycles. The zero-order valence-electron chi connectivity index (χ0n) is 8.31. The molecular formula is C10H10BrF3N2. The van der Waals surface area contributed by atoms with Crippen molar-refractivity contribution >= 4 is 15.9 Å². The fourth-order valence-corrected chi connectivity index (χ4v) is 1.69. The Labute approximate surface area is 99.4 Å². The molecule has 0 bridgehead atoms. The molecule has 0 radical (unpaired) electrons. The minimum atomic E-state index is -4.16. The van der Waals surface area contributed by atoms with E-state index in [-0.39, 0.29) is 19.4 Å².